The number of hydrogen-bond acceptors (Lipinski definition) is 8. The number of carbonyl (C=O) groups is 2. The number of carbonyl (C=O) groups excluding carboxylic acids is 2. The average Bonchev–Trinajstić information content (AvgIpc) is 3.52. The normalized spacial score (nSPS) is 11.1. The second-order valence-corrected chi connectivity index (χ2v) is 10.2. The standard InChI is InChI=1S/C23H21N5O5S2/c1-35(31,32)28-10-7-18(13-28)22(30)25-12-21(29)27-23-26-20(15-34-23)17-3-2-4-19(11-17)33-14-16-5-8-24-9-6-16/h2-11,13,15H,12,14H2,1H3,(H,25,30)(H,26,27,29). The molecule has 3 heterocycles. The van der Waals surface area contributed by atoms with Gasteiger partial charge in [0.15, 0.2) is 5.13 Å². The SMILES string of the molecule is CS(=O)(=O)n1ccc(C(=O)NCC(=O)Nc2nc(-c3cccc(OCc4ccncc4)c3)cs2)c1. The number of aromatic nitrogens is 3. The van der Waals surface area contributed by atoms with Gasteiger partial charge in [0.25, 0.3) is 5.91 Å². The van der Waals surface area contributed by atoms with Gasteiger partial charge in [-0.1, -0.05) is 12.1 Å². The van der Waals surface area contributed by atoms with Crippen molar-refractivity contribution in [3.8, 4) is 17.0 Å². The third-order valence-electron chi connectivity index (χ3n) is 4.76. The van der Waals surface area contributed by atoms with E-state index in [0.717, 1.165) is 21.4 Å². The molecule has 180 valence electrons. The van der Waals surface area contributed by atoms with Crippen LogP contribution in [0.15, 0.2) is 72.6 Å². The highest BCUT2D eigenvalue weighted by Gasteiger charge is 2.14. The fourth-order valence-electron chi connectivity index (χ4n) is 3.00. The third-order valence-corrected chi connectivity index (χ3v) is 6.51. The van der Waals surface area contributed by atoms with E-state index in [1.54, 1.807) is 12.4 Å². The number of ether oxygens (including phenoxy) is 1. The maximum atomic E-state index is 12.2. The van der Waals surface area contributed by atoms with Crippen molar-refractivity contribution in [2.24, 2.45) is 0 Å². The average molecular weight is 512 g/mol. The summed E-state index contributed by atoms with van der Waals surface area (Å²) < 4.78 is 29.8. The van der Waals surface area contributed by atoms with Crippen molar-refractivity contribution in [1.29, 1.82) is 0 Å². The predicted molar refractivity (Wildman–Crippen MR) is 132 cm³/mol. The van der Waals surface area contributed by atoms with Crippen molar-refractivity contribution in [3.05, 3.63) is 83.8 Å². The van der Waals surface area contributed by atoms with Gasteiger partial charge in [-0.2, -0.15) is 0 Å². The Bertz CT molecular complexity index is 1450. The van der Waals surface area contributed by atoms with Crippen LogP contribution in [-0.4, -0.2) is 47.0 Å². The van der Waals surface area contributed by atoms with Gasteiger partial charge in [-0.3, -0.25) is 18.5 Å². The molecule has 0 bridgehead atoms. The molecule has 4 rings (SSSR count). The van der Waals surface area contributed by atoms with Crippen molar-refractivity contribution in [1.82, 2.24) is 19.3 Å². The molecular weight excluding hydrogens is 490 g/mol. The first-order valence-corrected chi connectivity index (χ1v) is 13.0. The lowest BCUT2D eigenvalue weighted by Crippen LogP contribution is -2.32. The molecule has 0 saturated carbocycles. The molecule has 2 N–H and O–H groups in total. The highest BCUT2D eigenvalue weighted by molar-refractivity contribution is 7.89. The lowest BCUT2D eigenvalue weighted by atomic mass is 10.1. The first-order valence-electron chi connectivity index (χ1n) is 10.3. The van der Waals surface area contributed by atoms with Crippen LogP contribution in [0.4, 0.5) is 5.13 Å². The summed E-state index contributed by atoms with van der Waals surface area (Å²) in [6.45, 7) is 0.116. The molecule has 0 fully saturated rings. The van der Waals surface area contributed by atoms with Crippen LogP contribution >= 0.6 is 11.3 Å². The zero-order chi connectivity index (χ0) is 24.8. The molecule has 35 heavy (non-hydrogen) atoms. The van der Waals surface area contributed by atoms with Crippen molar-refractivity contribution in [2.45, 2.75) is 6.61 Å². The van der Waals surface area contributed by atoms with Gasteiger partial charge in [0.1, 0.15) is 12.4 Å². The van der Waals surface area contributed by atoms with Gasteiger partial charge in [-0.15, -0.1) is 11.3 Å². The smallest absolute Gasteiger partial charge is 0.253 e. The lowest BCUT2D eigenvalue weighted by molar-refractivity contribution is -0.115. The number of rotatable bonds is 9. The number of pyridine rings is 1. The monoisotopic (exact) mass is 511 g/mol. The molecule has 12 heteroatoms. The Morgan fingerprint density at radius 1 is 1.14 bits per heavy atom. The van der Waals surface area contributed by atoms with Crippen LogP contribution in [-0.2, 0) is 21.4 Å². The minimum atomic E-state index is -3.49. The molecule has 0 aliphatic carbocycles. The van der Waals surface area contributed by atoms with E-state index in [-0.39, 0.29) is 12.1 Å². The highest BCUT2D eigenvalue weighted by atomic mass is 32.2. The van der Waals surface area contributed by atoms with E-state index in [0.29, 0.717) is 23.2 Å². The van der Waals surface area contributed by atoms with Crippen LogP contribution in [0.2, 0.25) is 0 Å². The number of anilines is 1. The Hall–Kier alpha value is -4.03. The number of thiazole rings is 1. The minimum Gasteiger partial charge on any atom is -0.489 e. The van der Waals surface area contributed by atoms with Gasteiger partial charge in [-0.05, 0) is 35.9 Å². The van der Waals surface area contributed by atoms with Crippen molar-refractivity contribution in [2.75, 3.05) is 18.1 Å². The van der Waals surface area contributed by atoms with E-state index in [4.69, 9.17) is 4.74 Å². The van der Waals surface area contributed by atoms with Crippen LogP contribution in [0.1, 0.15) is 15.9 Å². The van der Waals surface area contributed by atoms with Crippen molar-refractivity contribution in [3.63, 3.8) is 0 Å². The predicted octanol–water partition coefficient (Wildman–Crippen LogP) is 2.76. The van der Waals surface area contributed by atoms with Gasteiger partial charge < -0.3 is 15.4 Å². The molecule has 0 aliphatic heterocycles. The second kappa shape index (κ2) is 10.5. The molecular formula is C23H21N5O5S2. The fourth-order valence-corrected chi connectivity index (χ4v) is 4.32. The molecule has 10 nitrogen and oxygen atoms in total. The van der Waals surface area contributed by atoms with Gasteiger partial charge in [0, 0.05) is 35.7 Å². The summed E-state index contributed by atoms with van der Waals surface area (Å²) in [7, 11) is -3.49. The molecule has 0 aliphatic rings. The number of benzene rings is 1. The largest absolute Gasteiger partial charge is 0.489 e. The zero-order valence-corrected chi connectivity index (χ0v) is 20.2. The molecule has 4 aromatic rings. The Morgan fingerprint density at radius 3 is 2.69 bits per heavy atom. The molecule has 3 aromatic heterocycles. The molecule has 0 unspecified atom stereocenters. The highest BCUT2D eigenvalue weighted by Crippen LogP contribution is 2.27. The first kappa shape index (κ1) is 24.1. The number of nitrogens with zero attached hydrogens (tertiary/aromatic N) is 3. The van der Waals surface area contributed by atoms with Crippen LogP contribution in [0.5, 0.6) is 5.75 Å². The van der Waals surface area contributed by atoms with Gasteiger partial charge in [-0.25, -0.2) is 13.4 Å². The first-order chi connectivity index (χ1) is 16.8. The molecule has 0 radical (unpaired) electrons. The maximum absolute atomic E-state index is 12.2. The fraction of sp³-hybridized carbons (Fsp3) is 0.130. The Morgan fingerprint density at radius 2 is 1.94 bits per heavy atom. The Balaban J connectivity index is 1.31. The van der Waals surface area contributed by atoms with Crippen LogP contribution < -0.4 is 15.4 Å². The molecule has 0 saturated heterocycles. The van der Waals surface area contributed by atoms with Gasteiger partial charge in [0.05, 0.1) is 24.1 Å². The summed E-state index contributed by atoms with van der Waals surface area (Å²) in [5.74, 6) is -0.340. The zero-order valence-electron chi connectivity index (χ0n) is 18.5. The van der Waals surface area contributed by atoms with Gasteiger partial charge >= 0.3 is 0 Å². The third kappa shape index (κ3) is 6.52. The summed E-state index contributed by atoms with van der Waals surface area (Å²) in [4.78, 5) is 32.8. The maximum Gasteiger partial charge on any atom is 0.253 e. The number of amides is 2. The van der Waals surface area contributed by atoms with Crippen LogP contribution in [0, 0.1) is 0 Å². The lowest BCUT2D eigenvalue weighted by Gasteiger charge is -2.07. The molecule has 1 aromatic carbocycles. The van der Waals surface area contributed by atoms with E-state index >= 15 is 0 Å². The Labute approximate surface area is 205 Å². The number of hydrogen-bond donors (Lipinski definition) is 2. The van der Waals surface area contributed by atoms with Crippen molar-refractivity contribution < 1.29 is 22.7 Å². The second-order valence-electron chi connectivity index (χ2n) is 7.43. The van der Waals surface area contributed by atoms with Crippen LogP contribution in [0.3, 0.4) is 0 Å². The van der Waals surface area contributed by atoms with Crippen molar-refractivity contribution >= 4 is 38.3 Å². The van der Waals surface area contributed by atoms with E-state index in [9.17, 15) is 18.0 Å². The Kier molecular flexibility index (Phi) is 7.22. The topological polar surface area (TPSA) is 132 Å². The molecule has 2 amide bonds. The van der Waals surface area contributed by atoms with E-state index < -0.39 is 21.8 Å². The quantitative estimate of drug-likeness (QED) is 0.353. The molecule has 0 atom stereocenters. The summed E-state index contributed by atoms with van der Waals surface area (Å²) in [6.07, 6.45) is 6.89. The van der Waals surface area contributed by atoms with E-state index in [1.807, 2.05) is 41.8 Å². The molecule has 0 spiro atoms. The van der Waals surface area contributed by atoms with E-state index in [2.05, 4.69) is 20.6 Å². The number of nitrogens with one attached hydrogen (secondary N) is 2. The summed E-state index contributed by atoms with van der Waals surface area (Å²) in [6, 6.07) is 12.6. The minimum absolute atomic E-state index is 0.130. The summed E-state index contributed by atoms with van der Waals surface area (Å²) in [5.41, 5.74) is 2.64. The summed E-state index contributed by atoms with van der Waals surface area (Å²) >= 11 is 1.25. The van der Waals surface area contributed by atoms with Gasteiger partial charge in [0.2, 0.25) is 15.9 Å². The summed E-state index contributed by atoms with van der Waals surface area (Å²) in [5, 5.41) is 7.29. The van der Waals surface area contributed by atoms with Crippen LogP contribution in [0.25, 0.3) is 11.3 Å². The van der Waals surface area contributed by atoms with E-state index in [1.165, 1.54) is 29.8 Å².